The van der Waals surface area contributed by atoms with Gasteiger partial charge in [0.2, 0.25) is 0 Å². The molecule has 3 aromatic rings. The highest BCUT2D eigenvalue weighted by Gasteiger charge is 2.17. The van der Waals surface area contributed by atoms with Crippen molar-refractivity contribution in [1.29, 1.82) is 0 Å². The molecule has 0 fully saturated rings. The van der Waals surface area contributed by atoms with Crippen LogP contribution in [0.1, 0.15) is 16.7 Å². The molecule has 0 unspecified atom stereocenters. The Morgan fingerprint density at radius 2 is 1.85 bits per heavy atom. The van der Waals surface area contributed by atoms with Gasteiger partial charge in [-0.1, -0.05) is 17.7 Å². The molecule has 0 aliphatic rings. The molecule has 0 spiro atoms. The van der Waals surface area contributed by atoms with E-state index in [2.05, 4.69) is 15.3 Å². The lowest BCUT2D eigenvalue weighted by Crippen LogP contribution is -2.01. The highest BCUT2D eigenvalue weighted by Crippen LogP contribution is 2.25. The summed E-state index contributed by atoms with van der Waals surface area (Å²) in [6, 6.07) is 4.95. The predicted molar refractivity (Wildman–Crippen MR) is 75.4 cm³/mol. The normalized spacial score (nSPS) is 11.2. The van der Waals surface area contributed by atoms with Crippen LogP contribution in [0.25, 0.3) is 17.0 Å². The van der Waals surface area contributed by atoms with Gasteiger partial charge in [-0.15, -0.1) is 10.2 Å². The Kier molecular flexibility index (Phi) is 2.94. The smallest absolute Gasteiger partial charge is 0.188 e. The fraction of sp³-hybridized carbons (Fsp3) is 0.214. The first-order valence-electron chi connectivity index (χ1n) is 6.13. The van der Waals surface area contributed by atoms with Crippen LogP contribution in [0, 0.1) is 26.6 Å². The summed E-state index contributed by atoms with van der Waals surface area (Å²) in [7, 11) is 0. The molecule has 0 aliphatic heterocycles. The number of rotatable bonds is 1. The Balaban J connectivity index is 2.33. The summed E-state index contributed by atoms with van der Waals surface area (Å²) >= 11 is 6.09. The maximum Gasteiger partial charge on any atom is 0.188 e. The molecule has 2 aromatic heterocycles. The van der Waals surface area contributed by atoms with Crippen LogP contribution in [-0.4, -0.2) is 19.8 Å². The van der Waals surface area contributed by atoms with E-state index in [1.165, 1.54) is 10.6 Å². The van der Waals surface area contributed by atoms with Crippen LogP contribution in [0.3, 0.4) is 0 Å². The van der Waals surface area contributed by atoms with Crippen molar-refractivity contribution >= 4 is 17.2 Å². The minimum atomic E-state index is -0.351. The van der Waals surface area contributed by atoms with E-state index >= 15 is 0 Å². The Morgan fingerprint density at radius 3 is 2.55 bits per heavy atom. The number of hydrogen-bond donors (Lipinski definition) is 0. The summed E-state index contributed by atoms with van der Waals surface area (Å²) in [5.41, 5.74) is 3.52. The number of benzene rings is 1. The van der Waals surface area contributed by atoms with Gasteiger partial charge in [0.25, 0.3) is 0 Å². The molecule has 0 saturated heterocycles. The van der Waals surface area contributed by atoms with E-state index in [4.69, 9.17) is 11.6 Å². The zero-order valence-electron chi connectivity index (χ0n) is 11.3. The molecule has 0 saturated carbocycles. The van der Waals surface area contributed by atoms with Crippen molar-refractivity contribution < 1.29 is 4.39 Å². The molecule has 6 heteroatoms. The number of nitrogens with zero attached hydrogens (tertiary/aromatic N) is 4. The Morgan fingerprint density at radius 1 is 1.10 bits per heavy atom. The second-order valence-electron chi connectivity index (χ2n) is 4.78. The second-order valence-corrected chi connectivity index (χ2v) is 5.14. The summed E-state index contributed by atoms with van der Waals surface area (Å²) in [6.45, 7) is 5.59. The first-order valence-corrected chi connectivity index (χ1v) is 6.51. The average Bonchev–Trinajstić information content (AvgIpc) is 2.80. The third-order valence-electron chi connectivity index (χ3n) is 3.40. The Hall–Kier alpha value is -2.01. The van der Waals surface area contributed by atoms with Crippen LogP contribution in [0.4, 0.5) is 4.39 Å². The average molecular weight is 291 g/mol. The summed E-state index contributed by atoms with van der Waals surface area (Å²) in [5.74, 6) is -0.00190. The van der Waals surface area contributed by atoms with Crippen molar-refractivity contribution in [3.05, 3.63) is 45.9 Å². The number of halogens is 2. The Labute approximate surface area is 120 Å². The maximum atomic E-state index is 14.1. The number of hydrogen-bond acceptors (Lipinski definition) is 3. The van der Waals surface area contributed by atoms with Gasteiger partial charge in [-0.2, -0.15) is 9.61 Å². The largest absolute Gasteiger partial charge is 0.206 e. The molecule has 102 valence electrons. The van der Waals surface area contributed by atoms with Crippen LogP contribution >= 0.6 is 11.6 Å². The monoisotopic (exact) mass is 290 g/mol. The standard InChI is InChI=1S/C14H12ClFN4/c1-7-4-5-10(11(16)6-7)14-18-17-13-9(3)8(2)12(15)19-20(13)14/h4-6H,1-3H3. The third-order valence-corrected chi connectivity index (χ3v) is 3.76. The van der Waals surface area contributed by atoms with Gasteiger partial charge in [0, 0.05) is 5.56 Å². The lowest BCUT2D eigenvalue weighted by atomic mass is 10.1. The van der Waals surface area contributed by atoms with Gasteiger partial charge < -0.3 is 0 Å². The van der Waals surface area contributed by atoms with Gasteiger partial charge in [-0.05, 0) is 44.0 Å². The molecule has 0 atom stereocenters. The first kappa shape index (κ1) is 13.0. The van der Waals surface area contributed by atoms with Gasteiger partial charge in [0.15, 0.2) is 16.6 Å². The molecule has 0 bridgehead atoms. The molecule has 1 aromatic carbocycles. The zero-order valence-corrected chi connectivity index (χ0v) is 12.0. The van der Waals surface area contributed by atoms with Crippen molar-refractivity contribution in [3.63, 3.8) is 0 Å². The molecule has 4 nitrogen and oxygen atoms in total. The van der Waals surface area contributed by atoms with Crippen LogP contribution in [0.2, 0.25) is 5.15 Å². The van der Waals surface area contributed by atoms with Gasteiger partial charge in [-0.25, -0.2) is 4.39 Å². The summed E-state index contributed by atoms with van der Waals surface area (Å²) in [4.78, 5) is 0. The molecular weight excluding hydrogens is 279 g/mol. The van der Waals surface area contributed by atoms with E-state index in [9.17, 15) is 4.39 Å². The summed E-state index contributed by atoms with van der Waals surface area (Å²) < 4.78 is 15.6. The van der Waals surface area contributed by atoms with Gasteiger partial charge in [0.1, 0.15) is 5.82 Å². The van der Waals surface area contributed by atoms with Gasteiger partial charge in [-0.3, -0.25) is 0 Å². The summed E-state index contributed by atoms with van der Waals surface area (Å²) in [6.07, 6.45) is 0. The van der Waals surface area contributed by atoms with Crippen molar-refractivity contribution in [3.8, 4) is 11.4 Å². The molecule has 0 aliphatic carbocycles. The van der Waals surface area contributed by atoms with Crippen LogP contribution < -0.4 is 0 Å². The molecular formula is C14H12ClFN4. The summed E-state index contributed by atoms with van der Waals surface area (Å²) in [5, 5.41) is 12.7. The number of aryl methyl sites for hydroxylation is 2. The van der Waals surface area contributed by atoms with Crippen LogP contribution in [-0.2, 0) is 0 Å². The van der Waals surface area contributed by atoms with Gasteiger partial charge >= 0.3 is 0 Å². The molecule has 2 heterocycles. The van der Waals surface area contributed by atoms with E-state index in [0.717, 1.165) is 16.7 Å². The predicted octanol–water partition coefficient (Wildman–Crippen LogP) is 3.51. The van der Waals surface area contributed by atoms with Crippen LogP contribution in [0.15, 0.2) is 18.2 Å². The van der Waals surface area contributed by atoms with Crippen LogP contribution in [0.5, 0.6) is 0 Å². The number of fused-ring (bicyclic) bond motifs is 1. The van der Waals surface area contributed by atoms with E-state index in [0.29, 0.717) is 22.2 Å². The van der Waals surface area contributed by atoms with Crippen molar-refractivity contribution in [2.75, 3.05) is 0 Å². The highest BCUT2D eigenvalue weighted by molar-refractivity contribution is 6.30. The quantitative estimate of drug-likeness (QED) is 0.689. The minimum Gasteiger partial charge on any atom is -0.206 e. The minimum absolute atomic E-state index is 0.350. The number of aromatic nitrogens is 4. The third kappa shape index (κ3) is 1.86. The van der Waals surface area contributed by atoms with E-state index < -0.39 is 0 Å². The maximum absolute atomic E-state index is 14.1. The Bertz CT molecular complexity index is 826. The lowest BCUT2D eigenvalue weighted by Gasteiger charge is -2.06. The second kappa shape index (κ2) is 4.52. The molecule has 20 heavy (non-hydrogen) atoms. The lowest BCUT2D eigenvalue weighted by molar-refractivity contribution is 0.628. The van der Waals surface area contributed by atoms with Gasteiger partial charge in [0.05, 0.1) is 5.56 Å². The fourth-order valence-electron chi connectivity index (χ4n) is 2.06. The van der Waals surface area contributed by atoms with Crippen molar-refractivity contribution in [2.45, 2.75) is 20.8 Å². The van der Waals surface area contributed by atoms with E-state index in [-0.39, 0.29) is 5.82 Å². The first-order chi connectivity index (χ1) is 9.49. The fourth-order valence-corrected chi connectivity index (χ4v) is 2.28. The molecule has 3 rings (SSSR count). The zero-order chi connectivity index (χ0) is 14.4. The molecule has 0 radical (unpaired) electrons. The SMILES string of the molecule is Cc1ccc(-c2nnc3c(C)c(C)c(Cl)nn23)c(F)c1. The molecule has 0 amide bonds. The topological polar surface area (TPSA) is 43.1 Å². The van der Waals surface area contributed by atoms with E-state index in [1.807, 2.05) is 26.8 Å². The highest BCUT2D eigenvalue weighted by atomic mass is 35.5. The van der Waals surface area contributed by atoms with Crippen molar-refractivity contribution in [2.24, 2.45) is 0 Å². The molecule has 0 N–H and O–H groups in total. The van der Waals surface area contributed by atoms with E-state index in [1.54, 1.807) is 6.07 Å². The van der Waals surface area contributed by atoms with Crippen molar-refractivity contribution in [1.82, 2.24) is 19.8 Å².